The third kappa shape index (κ3) is 3.60. The molecule has 124 valence electrons. The Balaban J connectivity index is 1.68. The molecule has 1 unspecified atom stereocenters. The first kappa shape index (κ1) is 16.1. The first-order chi connectivity index (χ1) is 11.2. The van der Waals surface area contributed by atoms with Gasteiger partial charge in [0.15, 0.2) is 0 Å². The molecule has 3 nitrogen and oxygen atoms in total. The smallest absolute Gasteiger partial charge is 0.223 e. The summed E-state index contributed by atoms with van der Waals surface area (Å²) in [5, 5.41) is 3.26. The molecule has 0 saturated heterocycles. The minimum atomic E-state index is 0.104. The highest BCUT2D eigenvalue weighted by atomic mass is 16.5. The highest BCUT2D eigenvalue weighted by molar-refractivity contribution is 5.79. The van der Waals surface area contributed by atoms with E-state index >= 15 is 0 Å². The number of rotatable bonds is 5. The normalized spacial score (nSPS) is 22.7. The van der Waals surface area contributed by atoms with Gasteiger partial charge in [-0.25, -0.2) is 0 Å². The highest BCUT2D eigenvalue weighted by Gasteiger charge is 2.36. The fourth-order valence-electron chi connectivity index (χ4n) is 4.00. The Bertz CT molecular complexity index is 556. The second-order valence-corrected chi connectivity index (χ2v) is 6.92. The molecule has 2 aliphatic carbocycles. The van der Waals surface area contributed by atoms with Crippen LogP contribution in [0, 0.1) is 5.92 Å². The maximum absolute atomic E-state index is 12.5. The standard InChI is InChI=1S/C20H27NO2/c1-23-18-11-9-17(10-12-18)20(13-5-6-14-20)15-21-19(22)16-7-3-2-4-8-16/h2-3,9-12,16H,4-8,13-15H2,1H3,(H,21,22). The van der Waals surface area contributed by atoms with Crippen LogP contribution in [-0.2, 0) is 10.2 Å². The molecule has 1 atom stereocenters. The number of methoxy groups -OCH3 is 1. The van der Waals surface area contributed by atoms with Crippen LogP contribution in [0.2, 0.25) is 0 Å². The summed E-state index contributed by atoms with van der Waals surface area (Å²) in [6.07, 6.45) is 12.0. The number of carbonyl (C=O) groups excluding carboxylic acids is 1. The van der Waals surface area contributed by atoms with Crippen molar-refractivity contribution in [1.29, 1.82) is 0 Å². The number of hydrogen-bond acceptors (Lipinski definition) is 2. The average molecular weight is 313 g/mol. The van der Waals surface area contributed by atoms with Crippen molar-refractivity contribution in [2.75, 3.05) is 13.7 Å². The van der Waals surface area contributed by atoms with E-state index in [1.54, 1.807) is 7.11 Å². The Hall–Kier alpha value is -1.77. The molecule has 0 spiro atoms. The van der Waals surface area contributed by atoms with Gasteiger partial charge in [0.05, 0.1) is 7.11 Å². The van der Waals surface area contributed by atoms with Gasteiger partial charge in [-0.3, -0.25) is 4.79 Å². The van der Waals surface area contributed by atoms with E-state index in [4.69, 9.17) is 4.74 Å². The van der Waals surface area contributed by atoms with Gasteiger partial charge in [0.2, 0.25) is 5.91 Å². The van der Waals surface area contributed by atoms with E-state index in [2.05, 4.69) is 29.6 Å². The summed E-state index contributed by atoms with van der Waals surface area (Å²) in [7, 11) is 1.69. The minimum absolute atomic E-state index is 0.104. The van der Waals surface area contributed by atoms with Gasteiger partial charge in [-0.1, -0.05) is 37.1 Å². The number of carbonyl (C=O) groups is 1. The molecule has 0 radical (unpaired) electrons. The Morgan fingerprint density at radius 3 is 2.57 bits per heavy atom. The summed E-state index contributed by atoms with van der Waals surface area (Å²) in [5.74, 6) is 1.28. The van der Waals surface area contributed by atoms with E-state index in [0.29, 0.717) is 0 Å². The summed E-state index contributed by atoms with van der Waals surface area (Å²) in [6, 6.07) is 8.39. The van der Waals surface area contributed by atoms with Crippen LogP contribution in [0.3, 0.4) is 0 Å². The Morgan fingerprint density at radius 1 is 1.22 bits per heavy atom. The van der Waals surface area contributed by atoms with Crippen molar-refractivity contribution in [3.05, 3.63) is 42.0 Å². The molecule has 2 aliphatic rings. The molecule has 0 aromatic heterocycles. The molecule has 0 bridgehead atoms. The van der Waals surface area contributed by atoms with Crippen molar-refractivity contribution >= 4 is 5.91 Å². The minimum Gasteiger partial charge on any atom is -0.497 e. The van der Waals surface area contributed by atoms with Crippen molar-refractivity contribution in [3.8, 4) is 5.75 Å². The van der Waals surface area contributed by atoms with Crippen LogP contribution in [0.15, 0.2) is 36.4 Å². The predicted octanol–water partition coefficient (Wildman–Crippen LogP) is 3.98. The molecular weight excluding hydrogens is 286 g/mol. The van der Waals surface area contributed by atoms with Crippen LogP contribution < -0.4 is 10.1 Å². The van der Waals surface area contributed by atoms with Gasteiger partial charge in [-0.2, -0.15) is 0 Å². The molecular formula is C20H27NO2. The lowest BCUT2D eigenvalue weighted by Gasteiger charge is -2.31. The van der Waals surface area contributed by atoms with Gasteiger partial charge in [-0.05, 0) is 49.8 Å². The maximum Gasteiger partial charge on any atom is 0.223 e. The molecule has 0 heterocycles. The van der Waals surface area contributed by atoms with E-state index < -0.39 is 0 Å². The van der Waals surface area contributed by atoms with Crippen LogP contribution in [0.25, 0.3) is 0 Å². The maximum atomic E-state index is 12.5. The number of amides is 1. The lowest BCUT2D eigenvalue weighted by molar-refractivity contribution is -0.125. The van der Waals surface area contributed by atoms with Crippen molar-refractivity contribution in [3.63, 3.8) is 0 Å². The van der Waals surface area contributed by atoms with Crippen molar-refractivity contribution in [2.45, 2.75) is 50.4 Å². The molecule has 23 heavy (non-hydrogen) atoms. The Kier molecular flexibility index (Phi) is 5.04. The van der Waals surface area contributed by atoms with E-state index in [9.17, 15) is 4.79 Å². The molecule has 1 amide bonds. The first-order valence-corrected chi connectivity index (χ1v) is 8.81. The van der Waals surface area contributed by atoms with Gasteiger partial charge >= 0.3 is 0 Å². The van der Waals surface area contributed by atoms with Gasteiger partial charge < -0.3 is 10.1 Å². The van der Waals surface area contributed by atoms with Crippen molar-refractivity contribution in [1.82, 2.24) is 5.32 Å². The van der Waals surface area contributed by atoms with Crippen LogP contribution in [0.5, 0.6) is 5.75 Å². The summed E-state index contributed by atoms with van der Waals surface area (Å²) >= 11 is 0. The zero-order valence-electron chi connectivity index (χ0n) is 14.0. The molecule has 1 fully saturated rings. The van der Waals surface area contributed by atoms with Gasteiger partial charge in [-0.15, -0.1) is 0 Å². The molecule has 1 N–H and O–H groups in total. The second kappa shape index (κ2) is 7.20. The van der Waals surface area contributed by atoms with E-state index in [1.165, 1.54) is 18.4 Å². The molecule has 1 aromatic rings. The predicted molar refractivity (Wildman–Crippen MR) is 92.6 cm³/mol. The van der Waals surface area contributed by atoms with Gasteiger partial charge in [0, 0.05) is 17.9 Å². The summed E-state index contributed by atoms with van der Waals surface area (Å²) in [6.45, 7) is 0.762. The number of nitrogens with one attached hydrogen (secondary N) is 1. The number of hydrogen-bond donors (Lipinski definition) is 1. The first-order valence-electron chi connectivity index (χ1n) is 8.81. The lowest BCUT2D eigenvalue weighted by Crippen LogP contribution is -2.41. The molecule has 3 rings (SSSR count). The van der Waals surface area contributed by atoms with E-state index in [-0.39, 0.29) is 17.2 Å². The summed E-state index contributed by atoms with van der Waals surface area (Å²) in [5.41, 5.74) is 1.44. The molecule has 3 heteroatoms. The quantitative estimate of drug-likeness (QED) is 0.835. The zero-order valence-corrected chi connectivity index (χ0v) is 14.0. The summed E-state index contributed by atoms with van der Waals surface area (Å²) in [4.78, 5) is 12.5. The van der Waals surface area contributed by atoms with Crippen molar-refractivity contribution in [2.24, 2.45) is 5.92 Å². The highest BCUT2D eigenvalue weighted by Crippen LogP contribution is 2.41. The van der Waals surface area contributed by atoms with E-state index in [0.717, 1.165) is 44.4 Å². The topological polar surface area (TPSA) is 38.3 Å². The monoisotopic (exact) mass is 313 g/mol. The largest absolute Gasteiger partial charge is 0.497 e. The third-order valence-corrected chi connectivity index (χ3v) is 5.50. The van der Waals surface area contributed by atoms with Gasteiger partial charge in [0.1, 0.15) is 5.75 Å². The van der Waals surface area contributed by atoms with Crippen molar-refractivity contribution < 1.29 is 9.53 Å². The fraction of sp³-hybridized carbons (Fsp3) is 0.550. The van der Waals surface area contributed by atoms with Crippen LogP contribution in [0.4, 0.5) is 0 Å². The molecule has 1 saturated carbocycles. The third-order valence-electron chi connectivity index (χ3n) is 5.50. The van der Waals surface area contributed by atoms with Crippen LogP contribution in [0.1, 0.15) is 50.5 Å². The summed E-state index contributed by atoms with van der Waals surface area (Å²) < 4.78 is 5.27. The Morgan fingerprint density at radius 2 is 1.96 bits per heavy atom. The number of ether oxygens (including phenoxy) is 1. The van der Waals surface area contributed by atoms with Gasteiger partial charge in [0.25, 0.3) is 0 Å². The second-order valence-electron chi connectivity index (χ2n) is 6.92. The zero-order chi connectivity index (χ0) is 16.1. The fourth-order valence-corrected chi connectivity index (χ4v) is 4.00. The average Bonchev–Trinajstić information content (AvgIpc) is 3.11. The van der Waals surface area contributed by atoms with E-state index in [1.807, 2.05) is 12.1 Å². The SMILES string of the molecule is COc1ccc(C2(CNC(=O)C3CC=CCC3)CCCC2)cc1. The molecule has 1 aromatic carbocycles. The van der Waals surface area contributed by atoms with Crippen LogP contribution >= 0.6 is 0 Å². The number of benzene rings is 1. The lowest BCUT2D eigenvalue weighted by atomic mass is 9.78. The Labute approximate surface area is 139 Å². The van der Waals surface area contributed by atoms with Crippen LogP contribution in [-0.4, -0.2) is 19.6 Å². The number of allylic oxidation sites excluding steroid dienone is 2. The molecule has 0 aliphatic heterocycles.